The molecule has 6 nitrogen and oxygen atoms in total. The number of carbonyl (C=O) groups excluding carboxylic acids is 1. The Hall–Kier alpha value is -2.70. The number of carbonyl (C=O) groups is 1. The molecule has 1 aromatic heterocycles. The summed E-state index contributed by atoms with van der Waals surface area (Å²) in [7, 11) is 0. The highest BCUT2D eigenvalue weighted by Gasteiger charge is 2.28. The average molecular weight is 384 g/mol. The van der Waals surface area contributed by atoms with Crippen LogP contribution in [0.25, 0.3) is 0 Å². The molecule has 2 saturated heterocycles. The van der Waals surface area contributed by atoms with Crippen molar-refractivity contribution in [3.63, 3.8) is 0 Å². The Balaban J connectivity index is 1.50. The van der Waals surface area contributed by atoms with E-state index in [0.717, 1.165) is 56.4 Å². The third-order valence-electron chi connectivity index (χ3n) is 5.69. The van der Waals surface area contributed by atoms with Crippen LogP contribution in [0.4, 0.5) is 10.1 Å². The van der Waals surface area contributed by atoms with E-state index < -0.39 is 0 Å². The quantitative estimate of drug-likeness (QED) is 0.813. The van der Waals surface area contributed by atoms with Crippen LogP contribution in [0.1, 0.15) is 43.7 Å². The number of halogens is 1. The number of nitrogens with zero attached hydrogens (tertiary/aromatic N) is 4. The van der Waals surface area contributed by atoms with Crippen LogP contribution in [0, 0.1) is 5.82 Å². The number of rotatable bonds is 4. The van der Waals surface area contributed by atoms with Gasteiger partial charge in [-0.15, -0.1) is 0 Å². The first-order valence-electron chi connectivity index (χ1n) is 9.99. The molecule has 0 unspecified atom stereocenters. The summed E-state index contributed by atoms with van der Waals surface area (Å²) in [6, 6.07) is 7.81. The van der Waals surface area contributed by atoms with Gasteiger partial charge >= 0.3 is 0 Å². The van der Waals surface area contributed by atoms with E-state index in [1.165, 1.54) is 16.8 Å². The zero-order valence-electron chi connectivity index (χ0n) is 15.9. The molecule has 7 heteroatoms. The van der Waals surface area contributed by atoms with Crippen LogP contribution < -0.4 is 10.5 Å². The Morgan fingerprint density at radius 1 is 1.07 bits per heavy atom. The maximum atomic E-state index is 13.3. The third-order valence-corrected chi connectivity index (χ3v) is 5.69. The molecular formula is C21H25FN4O2. The molecule has 2 aromatic rings. The number of benzene rings is 1. The molecule has 2 fully saturated rings. The van der Waals surface area contributed by atoms with Crippen molar-refractivity contribution in [2.75, 3.05) is 24.5 Å². The molecule has 0 radical (unpaired) electrons. The summed E-state index contributed by atoms with van der Waals surface area (Å²) in [5.74, 6) is -0.413. The van der Waals surface area contributed by atoms with E-state index in [9.17, 15) is 14.0 Å². The monoisotopic (exact) mass is 384 g/mol. The molecule has 1 atom stereocenters. The molecule has 0 N–H and O–H groups in total. The second kappa shape index (κ2) is 8.12. The van der Waals surface area contributed by atoms with Gasteiger partial charge in [0.1, 0.15) is 12.4 Å². The molecule has 148 valence electrons. The highest BCUT2D eigenvalue weighted by atomic mass is 19.1. The summed E-state index contributed by atoms with van der Waals surface area (Å²) < 4.78 is 14.5. The van der Waals surface area contributed by atoms with Crippen molar-refractivity contribution in [1.82, 2.24) is 14.7 Å². The lowest BCUT2D eigenvalue weighted by Crippen LogP contribution is -2.42. The van der Waals surface area contributed by atoms with Gasteiger partial charge in [0.15, 0.2) is 0 Å². The molecule has 1 aromatic carbocycles. The lowest BCUT2D eigenvalue weighted by atomic mass is 9.95. The molecule has 0 aliphatic carbocycles. The van der Waals surface area contributed by atoms with Gasteiger partial charge in [-0.2, -0.15) is 5.10 Å². The Kier molecular flexibility index (Phi) is 5.41. The van der Waals surface area contributed by atoms with Crippen LogP contribution >= 0.6 is 0 Å². The van der Waals surface area contributed by atoms with Crippen molar-refractivity contribution in [2.45, 2.75) is 44.7 Å². The second-order valence-electron chi connectivity index (χ2n) is 7.55. The molecule has 0 bridgehead atoms. The molecule has 4 rings (SSSR count). The van der Waals surface area contributed by atoms with Crippen molar-refractivity contribution in [1.29, 1.82) is 0 Å². The average Bonchev–Trinajstić information content (AvgIpc) is 3.25. The largest absolute Gasteiger partial charge is 0.370 e. The van der Waals surface area contributed by atoms with Crippen LogP contribution in [-0.4, -0.2) is 40.2 Å². The molecule has 0 saturated carbocycles. The third kappa shape index (κ3) is 3.93. The van der Waals surface area contributed by atoms with Crippen molar-refractivity contribution < 1.29 is 9.18 Å². The van der Waals surface area contributed by atoms with E-state index in [1.807, 2.05) is 0 Å². The summed E-state index contributed by atoms with van der Waals surface area (Å²) >= 11 is 0. The summed E-state index contributed by atoms with van der Waals surface area (Å²) in [4.78, 5) is 29.4. The van der Waals surface area contributed by atoms with Crippen LogP contribution in [-0.2, 0) is 11.3 Å². The SMILES string of the molecule is O=C(Cn1ncc(N2CCCC2)cc1=O)N1CCCC[C@H]1c1ccc(F)cc1. The van der Waals surface area contributed by atoms with Gasteiger partial charge in [-0.25, -0.2) is 9.07 Å². The summed E-state index contributed by atoms with van der Waals surface area (Å²) in [5, 5.41) is 4.23. The molecule has 2 aliphatic heterocycles. The van der Waals surface area contributed by atoms with Crippen LogP contribution in [0.3, 0.4) is 0 Å². The number of anilines is 1. The van der Waals surface area contributed by atoms with E-state index in [4.69, 9.17) is 0 Å². The van der Waals surface area contributed by atoms with Crippen LogP contribution in [0.5, 0.6) is 0 Å². The minimum atomic E-state index is -0.286. The number of hydrogen-bond acceptors (Lipinski definition) is 4. The van der Waals surface area contributed by atoms with Crippen LogP contribution in [0.2, 0.25) is 0 Å². The summed E-state index contributed by atoms with van der Waals surface area (Å²) in [6.45, 7) is 2.45. The van der Waals surface area contributed by atoms with E-state index in [0.29, 0.717) is 6.54 Å². The standard InChI is InChI=1S/C21H25FN4O2/c22-17-8-6-16(7-9-17)19-5-1-2-12-25(19)21(28)15-26-20(27)13-18(14-23-26)24-10-3-4-11-24/h6-9,13-14,19H,1-5,10-12,15H2/t19-/m0/s1. The van der Waals surface area contributed by atoms with E-state index in [2.05, 4.69) is 10.00 Å². The molecule has 0 spiro atoms. The zero-order chi connectivity index (χ0) is 19.5. The summed E-state index contributed by atoms with van der Waals surface area (Å²) in [5.41, 5.74) is 1.50. The number of likely N-dealkylation sites (tertiary alicyclic amines) is 1. The minimum absolute atomic E-state index is 0.0726. The Morgan fingerprint density at radius 2 is 1.79 bits per heavy atom. The number of piperidine rings is 1. The molecule has 2 aliphatic rings. The van der Waals surface area contributed by atoms with Crippen molar-refractivity contribution in [2.24, 2.45) is 0 Å². The van der Waals surface area contributed by atoms with Gasteiger partial charge in [0.05, 0.1) is 17.9 Å². The normalized spacial score (nSPS) is 19.8. The molecular weight excluding hydrogens is 359 g/mol. The predicted octanol–water partition coefficient (Wildman–Crippen LogP) is 2.74. The van der Waals surface area contributed by atoms with Gasteiger partial charge in [-0.05, 0) is 49.8 Å². The summed E-state index contributed by atoms with van der Waals surface area (Å²) in [6.07, 6.45) is 6.72. The fourth-order valence-electron chi connectivity index (χ4n) is 4.17. The lowest BCUT2D eigenvalue weighted by molar-refractivity contribution is -0.136. The van der Waals surface area contributed by atoms with E-state index >= 15 is 0 Å². The zero-order valence-corrected chi connectivity index (χ0v) is 15.9. The first-order valence-corrected chi connectivity index (χ1v) is 9.99. The minimum Gasteiger partial charge on any atom is -0.370 e. The van der Waals surface area contributed by atoms with Gasteiger partial charge < -0.3 is 9.80 Å². The Bertz CT molecular complexity index is 890. The highest BCUT2D eigenvalue weighted by Crippen LogP contribution is 2.31. The first-order chi connectivity index (χ1) is 13.6. The van der Waals surface area contributed by atoms with E-state index in [-0.39, 0.29) is 29.9 Å². The van der Waals surface area contributed by atoms with Gasteiger partial charge in [-0.3, -0.25) is 9.59 Å². The van der Waals surface area contributed by atoms with Crippen LogP contribution in [0.15, 0.2) is 41.3 Å². The van der Waals surface area contributed by atoms with Gasteiger partial charge in [0, 0.05) is 25.7 Å². The lowest BCUT2D eigenvalue weighted by Gasteiger charge is -2.36. The Labute approximate surface area is 163 Å². The fraction of sp³-hybridized carbons (Fsp3) is 0.476. The van der Waals surface area contributed by atoms with Crippen molar-refractivity contribution >= 4 is 11.6 Å². The molecule has 1 amide bonds. The highest BCUT2D eigenvalue weighted by molar-refractivity contribution is 5.76. The van der Waals surface area contributed by atoms with Crippen molar-refractivity contribution in [3.8, 4) is 0 Å². The fourth-order valence-corrected chi connectivity index (χ4v) is 4.17. The number of aromatic nitrogens is 2. The number of hydrogen-bond donors (Lipinski definition) is 0. The van der Waals surface area contributed by atoms with Gasteiger partial charge in [-0.1, -0.05) is 12.1 Å². The topological polar surface area (TPSA) is 58.4 Å². The smallest absolute Gasteiger partial charge is 0.269 e. The van der Waals surface area contributed by atoms with E-state index in [1.54, 1.807) is 29.3 Å². The molecule has 3 heterocycles. The first kappa shape index (κ1) is 18.7. The number of amides is 1. The maximum absolute atomic E-state index is 13.3. The maximum Gasteiger partial charge on any atom is 0.269 e. The van der Waals surface area contributed by atoms with Crippen molar-refractivity contribution in [3.05, 3.63) is 58.3 Å². The molecule has 28 heavy (non-hydrogen) atoms. The van der Waals surface area contributed by atoms with Gasteiger partial charge in [0.2, 0.25) is 5.91 Å². The Morgan fingerprint density at radius 3 is 2.50 bits per heavy atom. The predicted molar refractivity (Wildman–Crippen MR) is 105 cm³/mol. The van der Waals surface area contributed by atoms with Gasteiger partial charge in [0.25, 0.3) is 5.56 Å². The second-order valence-corrected chi connectivity index (χ2v) is 7.55.